The summed E-state index contributed by atoms with van der Waals surface area (Å²) in [6.07, 6.45) is 1.97. The summed E-state index contributed by atoms with van der Waals surface area (Å²) >= 11 is 5.68. The molecule has 3 heteroatoms. The van der Waals surface area contributed by atoms with Gasteiger partial charge in [0, 0.05) is 11.5 Å². The normalized spacial score (nSPS) is 15.8. The molecule has 0 spiro atoms. The van der Waals surface area contributed by atoms with Gasteiger partial charge in [-0.2, -0.15) is 0 Å². The van der Waals surface area contributed by atoms with Crippen molar-refractivity contribution in [2.45, 2.75) is 12.8 Å². The first-order valence-corrected chi connectivity index (χ1v) is 4.59. The van der Waals surface area contributed by atoms with E-state index in [1.54, 1.807) is 6.07 Å². The predicted molar refractivity (Wildman–Crippen MR) is 50.2 cm³/mol. The molecular weight excluding hydrogens is 188 g/mol. The molecule has 13 heavy (non-hydrogen) atoms. The number of carbonyl (C=O) groups is 1. The third kappa shape index (κ3) is 1.68. The summed E-state index contributed by atoms with van der Waals surface area (Å²) in [7, 11) is 0. The number of hydrogen-bond donors (Lipinski definition) is 1. The molecule has 1 fully saturated rings. The van der Waals surface area contributed by atoms with Crippen molar-refractivity contribution in [1.82, 2.24) is 0 Å². The lowest BCUT2D eigenvalue weighted by atomic mass is 10.1. The lowest BCUT2D eigenvalue weighted by Gasteiger charge is -2.00. The van der Waals surface area contributed by atoms with Gasteiger partial charge < -0.3 is 5.11 Å². The molecular formula is C10H9ClO2. The highest BCUT2D eigenvalue weighted by atomic mass is 35.5. The molecule has 0 saturated heterocycles. The number of phenols is 1. The van der Waals surface area contributed by atoms with Crippen LogP contribution in [0.4, 0.5) is 0 Å². The van der Waals surface area contributed by atoms with E-state index in [2.05, 4.69) is 0 Å². The summed E-state index contributed by atoms with van der Waals surface area (Å²) in [5.41, 5.74) is 0.602. The zero-order valence-corrected chi connectivity index (χ0v) is 7.71. The van der Waals surface area contributed by atoms with Crippen molar-refractivity contribution >= 4 is 17.4 Å². The molecule has 0 atom stereocenters. The van der Waals surface area contributed by atoms with E-state index in [1.807, 2.05) is 0 Å². The predicted octanol–water partition coefficient (Wildman–Crippen LogP) is 2.64. The van der Waals surface area contributed by atoms with E-state index in [4.69, 9.17) is 16.7 Å². The number of ketones is 1. The summed E-state index contributed by atoms with van der Waals surface area (Å²) in [6.45, 7) is 0. The molecule has 2 nitrogen and oxygen atoms in total. The average Bonchev–Trinajstić information content (AvgIpc) is 2.91. The Labute approximate surface area is 81.1 Å². The van der Waals surface area contributed by atoms with Crippen LogP contribution in [0.15, 0.2) is 18.2 Å². The third-order valence-electron chi connectivity index (χ3n) is 2.18. The Morgan fingerprint density at radius 3 is 2.69 bits per heavy atom. The molecule has 2 rings (SSSR count). The van der Waals surface area contributed by atoms with Gasteiger partial charge in [0.1, 0.15) is 5.75 Å². The smallest absolute Gasteiger partial charge is 0.165 e. The van der Waals surface area contributed by atoms with Gasteiger partial charge in [0.15, 0.2) is 5.78 Å². The summed E-state index contributed by atoms with van der Waals surface area (Å²) < 4.78 is 0. The molecule has 0 amide bonds. The fraction of sp³-hybridized carbons (Fsp3) is 0.300. The number of hydrogen-bond acceptors (Lipinski definition) is 2. The minimum absolute atomic E-state index is 0.0222. The van der Waals surface area contributed by atoms with Crippen LogP contribution in [0, 0.1) is 5.92 Å². The molecule has 1 aliphatic carbocycles. The van der Waals surface area contributed by atoms with E-state index in [0.29, 0.717) is 5.56 Å². The minimum atomic E-state index is 0.0222. The van der Waals surface area contributed by atoms with Gasteiger partial charge in [0.25, 0.3) is 0 Å². The summed E-state index contributed by atoms with van der Waals surface area (Å²) in [5, 5.41) is 9.38. The standard InChI is InChI=1S/C10H9ClO2/c11-8-5-7(3-4-9(8)12)10(13)6-1-2-6/h3-6,12H,1-2H2. The molecule has 0 aliphatic heterocycles. The highest BCUT2D eigenvalue weighted by Gasteiger charge is 2.30. The zero-order chi connectivity index (χ0) is 9.42. The Balaban J connectivity index is 2.30. The first-order chi connectivity index (χ1) is 6.18. The van der Waals surface area contributed by atoms with E-state index in [-0.39, 0.29) is 22.5 Å². The van der Waals surface area contributed by atoms with Gasteiger partial charge in [-0.15, -0.1) is 0 Å². The molecule has 0 heterocycles. The third-order valence-corrected chi connectivity index (χ3v) is 2.48. The van der Waals surface area contributed by atoms with Crippen LogP contribution >= 0.6 is 11.6 Å². The van der Waals surface area contributed by atoms with Gasteiger partial charge in [-0.3, -0.25) is 4.79 Å². The SMILES string of the molecule is O=C(c1ccc(O)c(Cl)c1)C1CC1. The van der Waals surface area contributed by atoms with Gasteiger partial charge in [-0.1, -0.05) is 11.6 Å². The molecule has 0 aromatic heterocycles. The fourth-order valence-electron chi connectivity index (χ4n) is 1.24. The Kier molecular flexibility index (Phi) is 2.00. The first kappa shape index (κ1) is 8.57. The molecule has 0 unspecified atom stereocenters. The van der Waals surface area contributed by atoms with Crippen molar-refractivity contribution in [2.24, 2.45) is 5.92 Å². The summed E-state index contributed by atoms with van der Waals surface area (Å²) in [4.78, 5) is 11.5. The number of benzene rings is 1. The van der Waals surface area contributed by atoms with Crippen LogP contribution in [-0.2, 0) is 0 Å². The van der Waals surface area contributed by atoms with Crippen molar-refractivity contribution in [3.8, 4) is 5.75 Å². The second-order valence-corrected chi connectivity index (χ2v) is 3.71. The Morgan fingerprint density at radius 1 is 1.46 bits per heavy atom. The number of carbonyl (C=O) groups excluding carboxylic acids is 1. The molecule has 1 saturated carbocycles. The molecule has 1 N–H and O–H groups in total. The highest BCUT2D eigenvalue weighted by molar-refractivity contribution is 6.32. The monoisotopic (exact) mass is 196 g/mol. The largest absolute Gasteiger partial charge is 0.506 e. The molecule has 0 bridgehead atoms. The van der Waals surface area contributed by atoms with E-state index < -0.39 is 0 Å². The first-order valence-electron chi connectivity index (χ1n) is 4.21. The van der Waals surface area contributed by atoms with Crippen molar-refractivity contribution < 1.29 is 9.90 Å². The number of aromatic hydroxyl groups is 1. The zero-order valence-electron chi connectivity index (χ0n) is 6.96. The van der Waals surface area contributed by atoms with Crippen molar-refractivity contribution in [3.05, 3.63) is 28.8 Å². The molecule has 1 aromatic rings. The van der Waals surface area contributed by atoms with Crippen LogP contribution in [0.5, 0.6) is 5.75 Å². The minimum Gasteiger partial charge on any atom is -0.506 e. The summed E-state index contributed by atoms with van der Waals surface area (Å²) in [5.74, 6) is 0.358. The maximum atomic E-state index is 11.5. The molecule has 0 radical (unpaired) electrons. The van der Waals surface area contributed by atoms with Crippen LogP contribution in [0.25, 0.3) is 0 Å². The van der Waals surface area contributed by atoms with Gasteiger partial charge in [0.05, 0.1) is 5.02 Å². The topological polar surface area (TPSA) is 37.3 Å². The molecule has 1 aromatic carbocycles. The quantitative estimate of drug-likeness (QED) is 0.739. The average molecular weight is 197 g/mol. The van der Waals surface area contributed by atoms with E-state index in [0.717, 1.165) is 12.8 Å². The van der Waals surface area contributed by atoms with Gasteiger partial charge in [-0.05, 0) is 31.0 Å². The lowest BCUT2D eigenvalue weighted by molar-refractivity contribution is 0.0967. The number of halogens is 1. The Bertz CT molecular complexity index is 356. The Morgan fingerprint density at radius 2 is 2.15 bits per heavy atom. The Hall–Kier alpha value is -1.02. The number of rotatable bonds is 2. The van der Waals surface area contributed by atoms with E-state index >= 15 is 0 Å². The lowest BCUT2D eigenvalue weighted by Crippen LogP contribution is -2.00. The van der Waals surface area contributed by atoms with Gasteiger partial charge in [-0.25, -0.2) is 0 Å². The van der Waals surface area contributed by atoms with Gasteiger partial charge in [0.2, 0.25) is 0 Å². The second kappa shape index (κ2) is 3.04. The van der Waals surface area contributed by atoms with E-state index in [9.17, 15) is 4.79 Å². The maximum absolute atomic E-state index is 11.5. The van der Waals surface area contributed by atoms with Crippen molar-refractivity contribution in [2.75, 3.05) is 0 Å². The summed E-state index contributed by atoms with van der Waals surface area (Å²) in [6, 6.07) is 4.59. The second-order valence-electron chi connectivity index (χ2n) is 3.30. The number of Topliss-reactive ketones (excluding diaryl/α,β-unsaturated/α-hetero) is 1. The van der Waals surface area contributed by atoms with Crippen LogP contribution in [0.1, 0.15) is 23.2 Å². The van der Waals surface area contributed by atoms with Crippen LogP contribution < -0.4 is 0 Å². The van der Waals surface area contributed by atoms with Crippen LogP contribution in [0.3, 0.4) is 0 Å². The number of phenolic OH excluding ortho intramolecular Hbond substituents is 1. The van der Waals surface area contributed by atoms with E-state index in [1.165, 1.54) is 12.1 Å². The maximum Gasteiger partial charge on any atom is 0.165 e. The van der Waals surface area contributed by atoms with Crippen molar-refractivity contribution in [1.29, 1.82) is 0 Å². The van der Waals surface area contributed by atoms with Crippen LogP contribution in [0.2, 0.25) is 5.02 Å². The van der Waals surface area contributed by atoms with Gasteiger partial charge >= 0.3 is 0 Å². The highest BCUT2D eigenvalue weighted by Crippen LogP contribution is 2.34. The molecule has 68 valence electrons. The van der Waals surface area contributed by atoms with Crippen molar-refractivity contribution in [3.63, 3.8) is 0 Å². The van der Waals surface area contributed by atoms with Crippen LogP contribution in [-0.4, -0.2) is 10.9 Å². The molecule has 1 aliphatic rings. The fourth-order valence-corrected chi connectivity index (χ4v) is 1.42.